The number of fused-ring (bicyclic) bond motifs is 2. The van der Waals surface area contributed by atoms with Gasteiger partial charge < -0.3 is 0 Å². The van der Waals surface area contributed by atoms with Crippen LogP contribution in [0.4, 0.5) is 40.8 Å². The average Bonchev–Trinajstić information content (AvgIpc) is 3.64. The number of rotatable bonds is 2. The minimum absolute atomic E-state index is 0.0655. The SMILES string of the molecule is [C-]#[N+]/C(C#N)=c1/c2ccsc2/c(=C(\c2c(F)c(F)c(C)c(F)c2F)c2c(F)c(F)c([N+]#[C-])c(F)c2F)c2ccsc12. The van der Waals surface area contributed by atoms with Gasteiger partial charge in [0.25, 0.3) is 11.4 Å². The largest absolute Gasteiger partial charge is 0.271 e. The van der Waals surface area contributed by atoms with Crippen LogP contribution in [-0.2, 0) is 0 Å². The van der Waals surface area contributed by atoms with E-state index in [1.54, 1.807) is 6.07 Å². The van der Waals surface area contributed by atoms with E-state index in [9.17, 15) is 22.8 Å². The first kappa shape index (κ1) is 27.8. The molecule has 0 aliphatic rings. The summed E-state index contributed by atoms with van der Waals surface area (Å²) in [6, 6.07) is 4.40. The fraction of sp³-hybridized carbons (Fsp3) is 0.0357. The van der Waals surface area contributed by atoms with Crippen LogP contribution in [-0.4, -0.2) is 0 Å². The Morgan fingerprint density at radius 2 is 1.15 bits per heavy atom. The molecule has 3 nitrogen and oxygen atoms in total. The molecule has 0 saturated carbocycles. The monoisotopic (exact) mass is 601 g/mol. The molecule has 3 aromatic carbocycles. The molecule has 0 atom stereocenters. The molecule has 0 amide bonds. The number of hydrogen-bond donors (Lipinski definition) is 0. The lowest BCUT2D eigenvalue weighted by molar-refractivity contribution is 0.439. The molecule has 2 aromatic heterocycles. The Kier molecular flexibility index (Phi) is 6.78. The highest BCUT2D eigenvalue weighted by Gasteiger charge is 2.34. The van der Waals surface area contributed by atoms with Crippen LogP contribution in [0.15, 0.2) is 22.9 Å². The summed E-state index contributed by atoms with van der Waals surface area (Å²) in [5.74, 6) is -16.9. The van der Waals surface area contributed by atoms with Crippen LogP contribution in [0.3, 0.4) is 0 Å². The van der Waals surface area contributed by atoms with Crippen molar-refractivity contribution >= 4 is 59.8 Å². The summed E-state index contributed by atoms with van der Waals surface area (Å²) in [5.41, 5.74) is -7.87. The zero-order chi connectivity index (χ0) is 29.9. The van der Waals surface area contributed by atoms with Crippen molar-refractivity contribution in [3.05, 3.63) is 119 Å². The molecule has 5 rings (SSSR count). The maximum Gasteiger partial charge on any atom is 0.271 e. The number of nitrogens with zero attached hydrogens (tertiary/aromatic N) is 3. The van der Waals surface area contributed by atoms with E-state index < -0.39 is 85.4 Å². The lowest BCUT2D eigenvalue weighted by Crippen LogP contribution is -2.21. The van der Waals surface area contributed by atoms with Crippen molar-refractivity contribution in [1.29, 1.82) is 5.26 Å². The van der Waals surface area contributed by atoms with Crippen molar-refractivity contribution < 1.29 is 35.1 Å². The molecule has 0 bridgehead atoms. The van der Waals surface area contributed by atoms with Gasteiger partial charge in [-0.05, 0) is 35.2 Å². The van der Waals surface area contributed by atoms with Crippen molar-refractivity contribution in [2.75, 3.05) is 0 Å². The van der Waals surface area contributed by atoms with Gasteiger partial charge in [-0.2, -0.15) is 0 Å². The molecule has 0 saturated heterocycles. The highest BCUT2D eigenvalue weighted by atomic mass is 32.1. The molecule has 0 radical (unpaired) electrons. The van der Waals surface area contributed by atoms with E-state index in [1.165, 1.54) is 22.9 Å². The van der Waals surface area contributed by atoms with Gasteiger partial charge in [0.05, 0.1) is 30.3 Å². The first-order chi connectivity index (χ1) is 19.5. The molecule has 0 unspecified atom stereocenters. The molecule has 0 aliphatic carbocycles. The second-order valence-electron chi connectivity index (χ2n) is 8.37. The van der Waals surface area contributed by atoms with E-state index in [4.69, 9.17) is 13.1 Å². The third-order valence-electron chi connectivity index (χ3n) is 6.36. The number of nitriles is 1. The Balaban J connectivity index is 2.28. The first-order valence-corrected chi connectivity index (χ1v) is 12.8. The molecule has 0 fully saturated rings. The molecule has 0 spiro atoms. The highest BCUT2D eigenvalue weighted by Crippen LogP contribution is 2.39. The van der Waals surface area contributed by atoms with Crippen LogP contribution in [0, 0.1) is 77.9 Å². The van der Waals surface area contributed by atoms with E-state index >= 15 is 17.6 Å². The summed E-state index contributed by atoms with van der Waals surface area (Å²) in [5, 5.41) is 11.9. The maximum atomic E-state index is 15.6. The minimum atomic E-state index is -2.24. The van der Waals surface area contributed by atoms with Crippen LogP contribution in [0.5, 0.6) is 0 Å². The van der Waals surface area contributed by atoms with Gasteiger partial charge in [0.1, 0.15) is 0 Å². The molecule has 41 heavy (non-hydrogen) atoms. The summed E-state index contributed by atoms with van der Waals surface area (Å²) in [6.07, 6.45) is 0. The predicted molar refractivity (Wildman–Crippen MR) is 137 cm³/mol. The summed E-state index contributed by atoms with van der Waals surface area (Å²) in [7, 11) is 0. The van der Waals surface area contributed by atoms with Gasteiger partial charge in [0.15, 0.2) is 46.5 Å². The Labute approximate surface area is 232 Å². The van der Waals surface area contributed by atoms with Crippen molar-refractivity contribution in [3.63, 3.8) is 0 Å². The van der Waals surface area contributed by atoms with E-state index in [1.807, 2.05) is 0 Å². The standard InChI is InChI=1S/C28H7F8N3S2/c1-9-18(29)20(31)16(21(32)19(9)30)15(17-22(33)24(35)26(39-3)25(36)23(17)34)14-11-5-7-40-27(11)13(12(8-37)38-2)10-4-6-41-28(10)14/h4-7H,1H3/b13-12-,15-14+. The first-order valence-electron chi connectivity index (χ1n) is 11.0. The quantitative estimate of drug-likeness (QED) is 0.115. The third kappa shape index (κ3) is 3.80. The van der Waals surface area contributed by atoms with Gasteiger partial charge in [-0.3, -0.25) is 0 Å². The summed E-state index contributed by atoms with van der Waals surface area (Å²) >= 11 is 1.71. The highest BCUT2D eigenvalue weighted by molar-refractivity contribution is 7.18. The van der Waals surface area contributed by atoms with Gasteiger partial charge in [0, 0.05) is 36.4 Å². The van der Waals surface area contributed by atoms with E-state index in [2.05, 4.69) is 9.69 Å². The lowest BCUT2D eigenvalue weighted by Gasteiger charge is -2.17. The van der Waals surface area contributed by atoms with Crippen LogP contribution in [0.2, 0.25) is 0 Å². The third-order valence-corrected chi connectivity index (χ3v) is 8.23. The Hall–Kier alpha value is -4.77. The van der Waals surface area contributed by atoms with Crippen molar-refractivity contribution in [2.24, 2.45) is 0 Å². The molecular formula is C28H7F8N3S2. The number of benzene rings is 3. The molecule has 5 aromatic rings. The molecule has 0 aliphatic heterocycles. The number of halogens is 8. The zero-order valence-electron chi connectivity index (χ0n) is 20.0. The fourth-order valence-corrected chi connectivity index (χ4v) is 6.47. The van der Waals surface area contributed by atoms with Gasteiger partial charge in [-0.25, -0.2) is 50.1 Å². The van der Waals surface area contributed by atoms with E-state index in [0.717, 1.165) is 22.7 Å². The van der Waals surface area contributed by atoms with Crippen LogP contribution in [0.1, 0.15) is 16.7 Å². The Morgan fingerprint density at radius 3 is 1.59 bits per heavy atom. The normalized spacial score (nSPS) is 12.7. The molecule has 13 heteroatoms. The fourth-order valence-electron chi connectivity index (χ4n) is 4.54. The zero-order valence-corrected chi connectivity index (χ0v) is 21.6. The summed E-state index contributed by atoms with van der Waals surface area (Å²) in [6.45, 7) is 15.0. The van der Waals surface area contributed by atoms with E-state index in [-0.39, 0.29) is 25.4 Å². The van der Waals surface area contributed by atoms with Gasteiger partial charge >= 0.3 is 0 Å². The molecule has 0 N–H and O–H groups in total. The smallest absolute Gasteiger partial charge is 0.232 e. The van der Waals surface area contributed by atoms with Crippen molar-refractivity contribution in [3.8, 4) is 6.07 Å². The van der Waals surface area contributed by atoms with Crippen LogP contribution in [0.25, 0.3) is 41.1 Å². The predicted octanol–water partition coefficient (Wildman–Crippen LogP) is 7.89. The van der Waals surface area contributed by atoms with E-state index in [0.29, 0.717) is 6.92 Å². The average molecular weight is 602 g/mol. The molecule has 202 valence electrons. The minimum Gasteiger partial charge on any atom is -0.232 e. The second-order valence-corrected chi connectivity index (χ2v) is 10.2. The Bertz CT molecular complexity index is 2110. The van der Waals surface area contributed by atoms with Gasteiger partial charge in [-0.1, -0.05) is 0 Å². The molecule has 2 heterocycles. The topological polar surface area (TPSA) is 32.5 Å². The van der Waals surface area contributed by atoms with Gasteiger partial charge in [0.2, 0.25) is 0 Å². The second kappa shape index (κ2) is 10.0. The number of hydrogen-bond acceptors (Lipinski definition) is 3. The Morgan fingerprint density at radius 1 is 0.707 bits per heavy atom. The summed E-state index contributed by atoms with van der Waals surface area (Å²) < 4.78 is 122. The maximum absolute atomic E-state index is 15.6. The lowest BCUT2D eigenvalue weighted by atomic mass is 9.90. The number of thiophene rings is 2. The summed E-state index contributed by atoms with van der Waals surface area (Å²) in [4.78, 5) is 5.63. The van der Waals surface area contributed by atoms with Crippen molar-refractivity contribution in [1.82, 2.24) is 0 Å². The van der Waals surface area contributed by atoms with Crippen molar-refractivity contribution in [2.45, 2.75) is 6.92 Å². The van der Waals surface area contributed by atoms with Crippen LogP contribution >= 0.6 is 22.7 Å². The molecular weight excluding hydrogens is 594 g/mol. The van der Waals surface area contributed by atoms with Gasteiger partial charge in [-0.15, -0.1) is 22.7 Å². The van der Waals surface area contributed by atoms with Crippen LogP contribution < -0.4 is 10.4 Å².